The summed E-state index contributed by atoms with van der Waals surface area (Å²) in [6.07, 6.45) is 1.37. The highest BCUT2D eigenvalue weighted by atomic mass is 16.6. The number of amides is 2. The van der Waals surface area contributed by atoms with Crippen molar-refractivity contribution in [1.29, 1.82) is 0 Å². The fourth-order valence-corrected chi connectivity index (χ4v) is 2.78. The van der Waals surface area contributed by atoms with E-state index in [-0.39, 0.29) is 17.2 Å². The van der Waals surface area contributed by atoms with Crippen molar-refractivity contribution < 1.29 is 14.5 Å². The molecule has 0 aromatic heterocycles. The number of nitrogens with zero attached hydrogens (tertiary/aromatic N) is 2. The highest BCUT2D eigenvalue weighted by Crippen LogP contribution is 2.29. The topological polar surface area (TPSA) is 92.6 Å². The van der Waals surface area contributed by atoms with Gasteiger partial charge < -0.3 is 0 Å². The van der Waals surface area contributed by atoms with Crippen LogP contribution in [0.1, 0.15) is 30.9 Å². The molecule has 7 nitrogen and oxygen atoms in total. The van der Waals surface area contributed by atoms with E-state index in [4.69, 9.17) is 0 Å². The van der Waals surface area contributed by atoms with Gasteiger partial charge >= 0.3 is 0 Å². The summed E-state index contributed by atoms with van der Waals surface area (Å²) in [7, 11) is 0. The molecule has 0 unspecified atom stereocenters. The van der Waals surface area contributed by atoms with E-state index in [1.54, 1.807) is 42.5 Å². The number of carbonyl (C=O) groups excluding carboxylic acids is 2. The molecule has 1 saturated heterocycles. The van der Waals surface area contributed by atoms with Crippen molar-refractivity contribution >= 4 is 29.3 Å². The summed E-state index contributed by atoms with van der Waals surface area (Å²) in [6.45, 7) is 3.73. The van der Waals surface area contributed by atoms with Gasteiger partial charge in [0.15, 0.2) is 0 Å². The van der Waals surface area contributed by atoms with E-state index in [9.17, 15) is 19.7 Å². The van der Waals surface area contributed by atoms with Crippen LogP contribution in [-0.4, -0.2) is 16.7 Å². The van der Waals surface area contributed by atoms with Gasteiger partial charge in [0.2, 0.25) is 0 Å². The predicted molar refractivity (Wildman–Crippen MR) is 97.2 cm³/mol. The molecule has 0 saturated carbocycles. The average molecular weight is 351 g/mol. The number of benzene rings is 2. The monoisotopic (exact) mass is 351 g/mol. The van der Waals surface area contributed by atoms with Gasteiger partial charge in [0.25, 0.3) is 17.5 Å². The summed E-state index contributed by atoms with van der Waals surface area (Å²) in [4.78, 5) is 35.6. The molecule has 2 aromatic carbocycles. The summed E-state index contributed by atoms with van der Waals surface area (Å²) < 4.78 is 0. The van der Waals surface area contributed by atoms with Crippen molar-refractivity contribution in [3.8, 4) is 0 Å². The SMILES string of the molecule is CC(C)c1ccc(/C=C2\C(=O)NN(c3ccccc3)C2=O)cc1[N+](=O)[O-]. The van der Waals surface area contributed by atoms with E-state index in [2.05, 4.69) is 5.43 Å². The lowest BCUT2D eigenvalue weighted by Gasteiger charge is -2.13. The number of para-hydroxylation sites is 1. The van der Waals surface area contributed by atoms with E-state index >= 15 is 0 Å². The molecule has 1 N–H and O–H groups in total. The molecule has 1 aliphatic heterocycles. The number of carbonyl (C=O) groups is 2. The molecular weight excluding hydrogens is 334 g/mol. The quantitative estimate of drug-likeness (QED) is 0.396. The van der Waals surface area contributed by atoms with Crippen LogP contribution in [0, 0.1) is 10.1 Å². The zero-order valence-corrected chi connectivity index (χ0v) is 14.3. The maximum atomic E-state index is 12.6. The molecule has 0 spiro atoms. The van der Waals surface area contributed by atoms with Gasteiger partial charge in [-0.05, 0) is 29.7 Å². The lowest BCUT2D eigenvalue weighted by atomic mass is 9.98. The normalized spacial score (nSPS) is 15.7. The van der Waals surface area contributed by atoms with Gasteiger partial charge in [0, 0.05) is 11.6 Å². The van der Waals surface area contributed by atoms with Gasteiger partial charge in [-0.15, -0.1) is 0 Å². The predicted octanol–water partition coefficient (Wildman–Crippen LogP) is 3.18. The second-order valence-corrected chi connectivity index (χ2v) is 6.21. The molecule has 2 aromatic rings. The fraction of sp³-hybridized carbons (Fsp3) is 0.158. The van der Waals surface area contributed by atoms with Gasteiger partial charge in [-0.1, -0.05) is 44.2 Å². The molecule has 1 aliphatic rings. The number of hydrogen-bond donors (Lipinski definition) is 1. The lowest BCUT2D eigenvalue weighted by molar-refractivity contribution is -0.385. The Hall–Kier alpha value is -3.48. The maximum absolute atomic E-state index is 12.6. The molecule has 1 heterocycles. The molecule has 3 rings (SSSR count). The zero-order valence-electron chi connectivity index (χ0n) is 14.3. The van der Waals surface area contributed by atoms with Gasteiger partial charge in [0.05, 0.1) is 10.6 Å². The lowest BCUT2D eigenvalue weighted by Crippen LogP contribution is -2.35. The number of anilines is 1. The first-order valence-corrected chi connectivity index (χ1v) is 8.09. The largest absolute Gasteiger partial charge is 0.282 e. The summed E-state index contributed by atoms with van der Waals surface area (Å²) in [5.41, 5.74) is 3.97. The first-order valence-electron chi connectivity index (χ1n) is 8.09. The number of hydrazine groups is 1. The van der Waals surface area contributed by atoms with Crippen LogP contribution in [-0.2, 0) is 9.59 Å². The summed E-state index contributed by atoms with van der Waals surface area (Å²) in [5.74, 6) is -1.06. The van der Waals surface area contributed by atoms with Crippen molar-refractivity contribution in [2.75, 3.05) is 5.01 Å². The standard InChI is InChI=1S/C19H17N3O4/c1-12(2)15-9-8-13(11-17(15)22(25)26)10-16-18(23)20-21(19(16)24)14-6-4-3-5-7-14/h3-12H,1-2H3,(H,20,23)/b16-10+. The molecule has 7 heteroatoms. The maximum Gasteiger partial charge on any atom is 0.282 e. The van der Waals surface area contributed by atoms with E-state index in [1.165, 1.54) is 12.1 Å². The van der Waals surface area contributed by atoms with Crippen molar-refractivity contribution in [2.24, 2.45) is 0 Å². The first kappa shape index (κ1) is 17.3. The van der Waals surface area contributed by atoms with Crippen LogP contribution < -0.4 is 10.4 Å². The molecule has 0 bridgehead atoms. The molecule has 0 radical (unpaired) electrons. The number of nitrogens with one attached hydrogen (secondary N) is 1. The minimum atomic E-state index is -0.547. The van der Waals surface area contributed by atoms with E-state index in [1.807, 2.05) is 13.8 Å². The number of nitro benzene ring substituents is 1. The Morgan fingerprint density at radius 2 is 1.81 bits per heavy atom. The fourth-order valence-electron chi connectivity index (χ4n) is 2.78. The van der Waals surface area contributed by atoms with Crippen LogP contribution in [0.2, 0.25) is 0 Å². The summed E-state index contributed by atoms with van der Waals surface area (Å²) in [5, 5.41) is 12.5. The Labute approximate surface area is 150 Å². The average Bonchev–Trinajstić information content (AvgIpc) is 2.90. The minimum Gasteiger partial charge on any atom is -0.267 e. The highest BCUT2D eigenvalue weighted by Gasteiger charge is 2.34. The molecule has 0 atom stereocenters. The highest BCUT2D eigenvalue weighted by molar-refractivity contribution is 6.31. The molecular formula is C19H17N3O4. The zero-order chi connectivity index (χ0) is 18.8. The minimum absolute atomic E-state index is 0.0120. The van der Waals surface area contributed by atoms with Gasteiger partial charge in [-0.25, -0.2) is 5.01 Å². The third-order valence-corrected chi connectivity index (χ3v) is 4.09. The van der Waals surface area contributed by atoms with Crippen LogP contribution in [0.15, 0.2) is 54.1 Å². The van der Waals surface area contributed by atoms with E-state index < -0.39 is 16.7 Å². The van der Waals surface area contributed by atoms with Crippen molar-refractivity contribution in [3.63, 3.8) is 0 Å². The van der Waals surface area contributed by atoms with Crippen molar-refractivity contribution in [2.45, 2.75) is 19.8 Å². The first-order chi connectivity index (χ1) is 12.4. The Morgan fingerprint density at radius 1 is 1.12 bits per heavy atom. The van der Waals surface area contributed by atoms with Crippen molar-refractivity contribution in [3.05, 3.63) is 75.3 Å². The van der Waals surface area contributed by atoms with Crippen LogP contribution in [0.5, 0.6) is 0 Å². The molecule has 1 fully saturated rings. The molecule has 26 heavy (non-hydrogen) atoms. The summed E-state index contributed by atoms with van der Waals surface area (Å²) in [6, 6.07) is 13.4. The Kier molecular flexibility index (Phi) is 4.53. The second kappa shape index (κ2) is 6.79. The Morgan fingerprint density at radius 3 is 2.42 bits per heavy atom. The second-order valence-electron chi connectivity index (χ2n) is 6.21. The third kappa shape index (κ3) is 3.19. The Bertz CT molecular complexity index is 920. The molecule has 2 amide bonds. The van der Waals surface area contributed by atoms with Gasteiger partial charge in [-0.2, -0.15) is 0 Å². The molecule has 0 aliphatic carbocycles. The van der Waals surface area contributed by atoms with Crippen LogP contribution in [0.4, 0.5) is 11.4 Å². The van der Waals surface area contributed by atoms with Crippen LogP contribution in [0.3, 0.4) is 0 Å². The van der Waals surface area contributed by atoms with E-state index in [0.29, 0.717) is 16.8 Å². The van der Waals surface area contributed by atoms with Crippen molar-refractivity contribution in [1.82, 2.24) is 5.43 Å². The summed E-state index contributed by atoms with van der Waals surface area (Å²) >= 11 is 0. The Balaban J connectivity index is 1.97. The van der Waals surface area contributed by atoms with Crippen LogP contribution >= 0.6 is 0 Å². The smallest absolute Gasteiger partial charge is 0.267 e. The van der Waals surface area contributed by atoms with Crippen LogP contribution in [0.25, 0.3) is 6.08 Å². The number of nitro groups is 1. The van der Waals surface area contributed by atoms with Gasteiger partial charge in [-0.3, -0.25) is 25.1 Å². The molecule has 132 valence electrons. The van der Waals surface area contributed by atoms with E-state index in [0.717, 1.165) is 5.01 Å². The number of hydrogen-bond acceptors (Lipinski definition) is 4. The number of rotatable bonds is 4. The van der Waals surface area contributed by atoms with Gasteiger partial charge in [0.1, 0.15) is 5.57 Å². The third-order valence-electron chi connectivity index (χ3n) is 4.09.